The molecular formula is C14H23N3O3. The molecule has 0 saturated heterocycles. The number of rotatable bonds is 8. The molecule has 0 aromatic rings. The number of amides is 1. The van der Waals surface area contributed by atoms with E-state index in [-0.39, 0.29) is 30.8 Å². The predicted octanol–water partition coefficient (Wildman–Crippen LogP) is 0.680. The van der Waals surface area contributed by atoms with Gasteiger partial charge in [0.2, 0.25) is 5.91 Å². The van der Waals surface area contributed by atoms with Crippen LogP contribution in [-0.2, 0) is 14.3 Å². The highest BCUT2D eigenvalue weighted by atomic mass is 16.5. The molecule has 6 heteroatoms. The molecule has 6 nitrogen and oxygen atoms in total. The van der Waals surface area contributed by atoms with E-state index in [1.165, 1.54) is 0 Å². The summed E-state index contributed by atoms with van der Waals surface area (Å²) in [7, 11) is 1.76. The van der Waals surface area contributed by atoms with Gasteiger partial charge in [-0.3, -0.25) is 14.5 Å². The third kappa shape index (κ3) is 5.17. The van der Waals surface area contributed by atoms with E-state index in [9.17, 15) is 14.9 Å². The van der Waals surface area contributed by atoms with E-state index >= 15 is 0 Å². The lowest BCUT2D eigenvalue weighted by Gasteiger charge is -2.24. The molecule has 1 aliphatic carbocycles. The van der Waals surface area contributed by atoms with Crippen molar-refractivity contribution >= 4 is 11.9 Å². The topological polar surface area (TPSA) is 82.4 Å². The summed E-state index contributed by atoms with van der Waals surface area (Å²) in [6.45, 7) is 4.52. The van der Waals surface area contributed by atoms with Crippen molar-refractivity contribution in [1.29, 1.82) is 5.26 Å². The van der Waals surface area contributed by atoms with Gasteiger partial charge in [0.25, 0.3) is 0 Å². The third-order valence-corrected chi connectivity index (χ3v) is 3.44. The van der Waals surface area contributed by atoms with Crippen molar-refractivity contribution in [1.82, 2.24) is 10.2 Å². The molecule has 1 saturated carbocycles. The van der Waals surface area contributed by atoms with Crippen LogP contribution in [0, 0.1) is 17.2 Å². The molecule has 1 rings (SSSR count). The molecule has 0 spiro atoms. The predicted molar refractivity (Wildman–Crippen MR) is 73.6 cm³/mol. The molecule has 0 heterocycles. The van der Waals surface area contributed by atoms with Crippen LogP contribution < -0.4 is 5.32 Å². The minimum atomic E-state index is -0.765. The zero-order valence-corrected chi connectivity index (χ0v) is 12.4. The Bertz CT molecular complexity index is 401. The summed E-state index contributed by atoms with van der Waals surface area (Å²) in [6, 6.07) is 2.19. The van der Waals surface area contributed by atoms with Gasteiger partial charge in [-0.2, -0.15) is 5.26 Å². The highest BCUT2D eigenvalue weighted by Gasteiger charge is 2.42. The Morgan fingerprint density at radius 2 is 2.15 bits per heavy atom. The van der Waals surface area contributed by atoms with E-state index in [2.05, 4.69) is 11.4 Å². The molecule has 0 bridgehead atoms. The van der Waals surface area contributed by atoms with Crippen molar-refractivity contribution in [3.05, 3.63) is 0 Å². The smallest absolute Gasteiger partial charge is 0.307 e. The number of likely N-dealkylation sites (N-methyl/N-ethyl adjacent to an activating group) is 1. The van der Waals surface area contributed by atoms with E-state index in [0.29, 0.717) is 13.2 Å². The van der Waals surface area contributed by atoms with Crippen LogP contribution in [0.4, 0.5) is 0 Å². The SMILES string of the molecule is CCOC(=O)CCN(C)CC(=O)NC(C)(C#N)C1CC1. The van der Waals surface area contributed by atoms with Gasteiger partial charge in [-0.1, -0.05) is 0 Å². The van der Waals surface area contributed by atoms with Crippen LogP contribution in [0.5, 0.6) is 0 Å². The summed E-state index contributed by atoms with van der Waals surface area (Å²) >= 11 is 0. The third-order valence-electron chi connectivity index (χ3n) is 3.44. The number of esters is 1. The number of ether oxygens (including phenoxy) is 1. The lowest BCUT2D eigenvalue weighted by atomic mass is 9.98. The molecule has 1 amide bonds. The average Bonchev–Trinajstić information content (AvgIpc) is 3.21. The highest BCUT2D eigenvalue weighted by molar-refractivity contribution is 5.79. The average molecular weight is 281 g/mol. The lowest BCUT2D eigenvalue weighted by Crippen LogP contribution is -2.49. The number of carbonyl (C=O) groups is 2. The van der Waals surface area contributed by atoms with Crippen LogP contribution in [0.25, 0.3) is 0 Å². The summed E-state index contributed by atoms with van der Waals surface area (Å²) in [4.78, 5) is 24.9. The van der Waals surface area contributed by atoms with Gasteiger partial charge in [-0.05, 0) is 39.7 Å². The highest BCUT2D eigenvalue weighted by Crippen LogP contribution is 2.39. The standard InChI is InChI=1S/C14H23N3O3/c1-4-20-13(19)7-8-17(3)9-12(18)16-14(2,10-15)11-5-6-11/h11H,4-9H2,1-3H3,(H,16,18). The number of hydrogen-bond donors (Lipinski definition) is 1. The van der Waals surface area contributed by atoms with Crippen molar-refractivity contribution in [2.45, 2.75) is 38.6 Å². The minimum Gasteiger partial charge on any atom is -0.466 e. The van der Waals surface area contributed by atoms with E-state index in [1.54, 1.807) is 25.8 Å². The second-order valence-electron chi connectivity index (χ2n) is 5.43. The molecule has 1 atom stereocenters. The number of nitrogens with zero attached hydrogens (tertiary/aromatic N) is 2. The van der Waals surface area contributed by atoms with Crippen LogP contribution in [-0.4, -0.2) is 49.1 Å². The van der Waals surface area contributed by atoms with Crippen molar-refractivity contribution < 1.29 is 14.3 Å². The Hall–Kier alpha value is -1.61. The van der Waals surface area contributed by atoms with Crippen molar-refractivity contribution in [2.24, 2.45) is 5.92 Å². The molecule has 0 aromatic heterocycles. The van der Waals surface area contributed by atoms with Crippen LogP contribution in [0.2, 0.25) is 0 Å². The van der Waals surface area contributed by atoms with E-state index in [1.807, 2.05) is 0 Å². The van der Waals surface area contributed by atoms with Gasteiger partial charge >= 0.3 is 5.97 Å². The monoisotopic (exact) mass is 281 g/mol. The van der Waals surface area contributed by atoms with Crippen LogP contribution in [0.1, 0.15) is 33.1 Å². The van der Waals surface area contributed by atoms with E-state index in [0.717, 1.165) is 12.8 Å². The number of carbonyl (C=O) groups excluding carboxylic acids is 2. The molecule has 1 aliphatic rings. The quantitative estimate of drug-likeness (QED) is 0.662. The van der Waals surface area contributed by atoms with Gasteiger partial charge < -0.3 is 10.1 Å². The molecule has 1 fully saturated rings. The summed E-state index contributed by atoms with van der Waals surface area (Å²) in [6.07, 6.45) is 2.24. The maximum Gasteiger partial charge on any atom is 0.307 e. The van der Waals surface area contributed by atoms with Crippen molar-refractivity contribution in [3.8, 4) is 6.07 Å². The maximum atomic E-state index is 11.9. The maximum absolute atomic E-state index is 11.9. The van der Waals surface area contributed by atoms with Crippen LogP contribution >= 0.6 is 0 Å². The Balaban J connectivity index is 2.31. The molecule has 1 N–H and O–H groups in total. The second-order valence-corrected chi connectivity index (χ2v) is 5.43. The Labute approximate surface area is 120 Å². The van der Waals surface area contributed by atoms with Crippen LogP contribution in [0.3, 0.4) is 0 Å². The molecule has 112 valence electrons. The summed E-state index contributed by atoms with van der Waals surface area (Å²) < 4.78 is 4.83. The second kappa shape index (κ2) is 7.25. The number of nitrogens with one attached hydrogen (secondary N) is 1. The fourth-order valence-electron chi connectivity index (χ4n) is 2.05. The fraction of sp³-hybridized carbons (Fsp3) is 0.786. The van der Waals surface area contributed by atoms with Gasteiger partial charge in [0.15, 0.2) is 0 Å². The van der Waals surface area contributed by atoms with Gasteiger partial charge in [0.05, 0.1) is 25.6 Å². The first-order valence-corrected chi connectivity index (χ1v) is 6.97. The molecule has 20 heavy (non-hydrogen) atoms. The number of nitriles is 1. The zero-order chi connectivity index (χ0) is 15.2. The Morgan fingerprint density at radius 3 is 2.65 bits per heavy atom. The molecule has 1 unspecified atom stereocenters. The molecule has 0 aromatic carbocycles. The minimum absolute atomic E-state index is 0.170. The van der Waals surface area contributed by atoms with Crippen molar-refractivity contribution in [3.63, 3.8) is 0 Å². The first-order chi connectivity index (χ1) is 9.41. The van der Waals surface area contributed by atoms with Gasteiger partial charge in [-0.15, -0.1) is 0 Å². The lowest BCUT2D eigenvalue weighted by molar-refractivity contribution is -0.143. The molecule has 0 aliphatic heterocycles. The Kier molecular flexibility index (Phi) is 5.96. The molecule has 0 radical (unpaired) electrons. The summed E-state index contributed by atoms with van der Waals surface area (Å²) in [5.41, 5.74) is -0.765. The first-order valence-electron chi connectivity index (χ1n) is 6.97. The molecular weight excluding hydrogens is 258 g/mol. The first kappa shape index (κ1) is 16.4. The largest absolute Gasteiger partial charge is 0.466 e. The van der Waals surface area contributed by atoms with E-state index in [4.69, 9.17) is 4.74 Å². The Morgan fingerprint density at radius 1 is 1.50 bits per heavy atom. The fourth-order valence-corrected chi connectivity index (χ4v) is 2.05. The normalized spacial score (nSPS) is 17.1. The summed E-state index contributed by atoms with van der Waals surface area (Å²) in [5.74, 6) is -0.187. The van der Waals surface area contributed by atoms with Gasteiger partial charge in [0.1, 0.15) is 5.54 Å². The zero-order valence-electron chi connectivity index (χ0n) is 12.4. The van der Waals surface area contributed by atoms with Gasteiger partial charge in [-0.25, -0.2) is 0 Å². The van der Waals surface area contributed by atoms with Crippen LogP contribution in [0.15, 0.2) is 0 Å². The van der Waals surface area contributed by atoms with Gasteiger partial charge in [0, 0.05) is 6.54 Å². The van der Waals surface area contributed by atoms with Crippen molar-refractivity contribution in [2.75, 3.05) is 26.7 Å². The number of hydrogen-bond acceptors (Lipinski definition) is 5. The van der Waals surface area contributed by atoms with E-state index < -0.39 is 5.54 Å². The summed E-state index contributed by atoms with van der Waals surface area (Å²) in [5, 5.41) is 12.0.